The summed E-state index contributed by atoms with van der Waals surface area (Å²) in [5.74, 6) is -0.153. The molecule has 2 unspecified atom stereocenters. The molecule has 0 aliphatic heterocycles. The molecule has 2 aromatic carbocycles. The smallest absolute Gasteiger partial charge is 0.191 e. The van der Waals surface area contributed by atoms with Gasteiger partial charge < -0.3 is 4.74 Å². The van der Waals surface area contributed by atoms with Gasteiger partial charge in [0.25, 0.3) is 0 Å². The van der Waals surface area contributed by atoms with Crippen molar-refractivity contribution in [2.24, 2.45) is 0 Å². The van der Waals surface area contributed by atoms with Crippen LogP contribution in [0.5, 0.6) is 0 Å². The number of Topliss-reactive ketones (excluding diaryl/α,β-unsaturated/α-hetero) is 2. The molecule has 0 radical (unpaired) electrons. The van der Waals surface area contributed by atoms with Gasteiger partial charge in [-0.05, 0) is 12.8 Å². The Kier molecular flexibility index (Phi) is 6.24. The summed E-state index contributed by atoms with van der Waals surface area (Å²) < 4.78 is 5.88. The Balaban J connectivity index is 2.12. The van der Waals surface area contributed by atoms with E-state index in [2.05, 4.69) is 0 Å². The molecule has 0 fully saturated rings. The Morgan fingerprint density at radius 3 is 1.39 bits per heavy atom. The van der Waals surface area contributed by atoms with E-state index in [1.54, 1.807) is 24.3 Å². The van der Waals surface area contributed by atoms with Crippen LogP contribution in [0.4, 0.5) is 0 Å². The number of benzene rings is 2. The minimum Gasteiger partial charge on any atom is -0.359 e. The van der Waals surface area contributed by atoms with Crippen LogP contribution in [-0.2, 0) is 4.74 Å². The molecular weight excluding hydrogens is 288 g/mol. The van der Waals surface area contributed by atoms with E-state index in [1.165, 1.54) is 0 Å². The van der Waals surface area contributed by atoms with E-state index in [4.69, 9.17) is 4.74 Å². The zero-order valence-corrected chi connectivity index (χ0v) is 13.6. The SMILES string of the molecule is CCC(OC(CC)C(=O)c1ccccc1)C(=O)c1ccccc1. The number of hydrogen-bond donors (Lipinski definition) is 0. The standard InChI is InChI=1S/C20H22O3/c1-3-17(19(21)15-11-7-5-8-12-15)23-18(4-2)20(22)16-13-9-6-10-14-16/h5-14,17-18H,3-4H2,1-2H3. The van der Waals surface area contributed by atoms with Crippen molar-refractivity contribution in [3.63, 3.8) is 0 Å². The lowest BCUT2D eigenvalue weighted by Crippen LogP contribution is -2.33. The second-order valence-corrected chi connectivity index (χ2v) is 5.39. The molecule has 23 heavy (non-hydrogen) atoms. The first-order chi connectivity index (χ1) is 11.2. The fraction of sp³-hybridized carbons (Fsp3) is 0.300. The van der Waals surface area contributed by atoms with Gasteiger partial charge in [0.1, 0.15) is 12.2 Å². The van der Waals surface area contributed by atoms with Crippen LogP contribution in [-0.4, -0.2) is 23.8 Å². The number of ketones is 2. The third-order valence-electron chi connectivity index (χ3n) is 3.77. The van der Waals surface area contributed by atoms with Gasteiger partial charge >= 0.3 is 0 Å². The average Bonchev–Trinajstić information content (AvgIpc) is 2.63. The second kappa shape index (κ2) is 8.39. The molecule has 0 aliphatic rings. The van der Waals surface area contributed by atoms with Crippen molar-refractivity contribution in [3.05, 3.63) is 71.8 Å². The van der Waals surface area contributed by atoms with E-state index in [0.717, 1.165) is 0 Å². The van der Waals surface area contributed by atoms with Crippen LogP contribution in [0.2, 0.25) is 0 Å². The Bertz CT molecular complexity index is 577. The fourth-order valence-corrected chi connectivity index (χ4v) is 2.46. The van der Waals surface area contributed by atoms with Gasteiger partial charge in [0.15, 0.2) is 11.6 Å². The van der Waals surface area contributed by atoms with Gasteiger partial charge in [0.2, 0.25) is 0 Å². The van der Waals surface area contributed by atoms with Gasteiger partial charge in [-0.25, -0.2) is 0 Å². The highest BCUT2D eigenvalue weighted by Crippen LogP contribution is 2.16. The third kappa shape index (κ3) is 4.36. The highest BCUT2D eigenvalue weighted by atomic mass is 16.5. The molecule has 2 aromatic rings. The first-order valence-corrected chi connectivity index (χ1v) is 8.01. The molecule has 0 amide bonds. The molecule has 2 rings (SSSR count). The molecule has 0 saturated carbocycles. The third-order valence-corrected chi connectivity index (χ3v) is 3.77. The number of rotatable bonds is 8. The van der Waals surface area contributed by atoms with Crippen molar-refractivity contribution < 1.29 is 14.3 Å². The van der Waals surface area contributed by atoms with Crippen molar-refractivity contribution in [2.45, 2.75) is 38.9 Å². The predicted molar refractivity (Wildman–Crippen MR) is 90.8 cm³/mol. The maximum absolute atomic E-state index is 12.6. The number of ether oxygens (including phenoxy) is 1. The van der Waals surface area contributed by atoms with Crippen LogP contribution in [0.1, 0.15) is 47.4 Å². The fourth-order valence-electron chi connectivity index (χ4n) is 2.46. The Labute approximate surface area is 137 Å². The normalized spacial score (nSPS) is 13.3. The molecule has 0 spiro atoms. The molecular formula is C20H22O3. The molecule has 0 heterocycles. The van der Waals surface area contributed by atoms with Crippen LogP contribution in [0.15, 0.2) is 60.7 Å². The van der Waals surface area contributed by atoms with Gasteiger partial charge in [0.05, 0.1) is 0 Å². The van der Waals surface area contributed by atoms with E-state index in [0.29, 0.717) is 24.0 Å². The Morgan fingerprint density at radius 1 is 0.739 bits per heavy atom. The van der Waals surface area contributed by atoms with Crippen LogP contribution in [0.3, 0.4) is 0 Å². The Hall–Kier alpha value is -2.26. The molecule has 3 heteroatoms. The molecule has 3 nitrogen and oxygen atoms in total. The summed E-state index contributed by atoms with van der Waals surface area (Å²) in [6.07, 6.45) is -0.136. The molecule has 120 valence electrons. The van der Waals surface area contributed by atoms with Crippen molar-refractivity contribution in [3.8, 4) is 0 Å². The number of carbonyl (C=O) groups excluding carboxylic acids is 2. The average molecular weight is 310 g/mol. The molecule has 0 aromatic heterocycles. The number of hydrogen-bond acceptors (Lipinski definition) is 3. The summed E-state index contributed by atoms with van der Waals surface area (Å²) in [6, 6.07) is 18.1. The maximum atomic E-state index is 12.6. The molecule has 0 aliphatic carbocycles. The van der Waals surface area contributed by atoms with Crippen molar-refractivity contribution in [1.29, 1.82) is 0 Å². The molecule has 2 atom stereocenters. The first-order valence-electron chi connectivity index (χ1n) is 8.01. The monoisotopic (exact) mass is 310 g/mol. The van der Waals surface area contributed by atoms with Crippen molar-refractivity contribution >= 4 is 11.6 Å². The quantitative estimate of drug-likeness (QED) is 0.682. The van der Waals surface area contributed by atoms with Crippen molar-refractivity contribution in [1.82, 2.24) is 0 Å². The lowest BCUT2D eigenvalue weighted by molar-refractivity contribution is 0.000638. The van der Waals surface area contributed by atoms with Gasteiger partial charge in [-0.15, -0.1) is 0 Å². The van der Waals surface area contributed by atoms with Crippen molar-refractivity contribution in [2.75, 3.05) is 0 Å². The van der Waals surface area contributed by atoms with Crippen LogP contribution >= 0.6 is 0 Å². The summed E-state index contributed by atoms with van der Waals surface area (Å²) in [5.41, 5.74) is 1.22. The summed E-state index contributed by atoms with van der Waals surface area (Å²) in [4.78, 5) is 25.1. The summed E-state index contributed by atoms with van der Waals surface area (Å²) >= 11 is 0. The van der Waals surface area contributed by atoms with Gasteiger partial charge in [-0.2, -0.15) is 0 Å². The lowest BCUT2D eigenvalue weighted by atomic mass is 10.0. The topological polar surface area (TPSA) is 43.4 Å². The van der Waals surface area contributed by atoms with E-state index in [9.17, 15) is 9.59 Å². The highest BCUT2D eigenvalue weighted by Gasteiger charge is 2.26. The predicted octanol–water partition coefficient (Wildman–Crippen LogP) is 4.33. The zero-order chi connectivity index (χ0) is 16.7. The highest BCUT2D eigenvalue weighted by molar-refractivity contribution is 6.01. The van der Waals surface area contributed by atoms with Crippen LogP contribution in [0.25, 0.3) is 0 Å². The summed E-state index contributed by atoms with van der Waals surface area (Å²) in [6.45, 7) is 3.79. The first kappa shape index (κ1) is 17.1. The largest absolute Gasteiger partial charge is 0.359 e. The molecule has 0 saturated heterocycles. The van der Waals surface area contributed by atoms with Crippen LogP contribution in [0, 0.1) is 0 Å². The van der Waals surface area contributed by atoms with Gasteiger partial charge in [-0.3, -0.25) is 9.59 Å². The van der Waals surface area contributed by atoms with E-state index in [1.807, 2.05) is 50.2 Å². The minimum atomic E-state index is -0.602. The maximum Gasteiger partial charge on any atom is 0.191 e. The van der Waals surface area contributed by atoms with E-state index in [-0.39, 0.29) is 11.6 Å². The Morgan fingerprint density at radius 2 is 1.09 bits per heavy atom. The minimum absolute atomic E-state index is 0.0765. The zero-order valence-electron chi connectivity index (χ0n) is 13.6. The van der Waals surface area contributed by atoms with Gasteiger partial charge in [-0.1, -0.05) is 74.5 Å². The molecule has 0 N–H and O–H groups in total. The second-order valence-electron chi connectivity index (χ2n) is 5.39. The summed E-state index contributed by atoms with van der Waals surface area (Å²) in [7, 11) is 0. The van der Waals surface area contributed by atoms with E-state index < -0.39 is 12.2 Å². The van der Waals surface area contributed by atoms with Gasteiger partial charge in [0, 0.05) is 11.1 Å². The number of carbonyl (C=O) groups is 2. The van der Waals surface area contributed by atoms with Crippen LogP contribution < -0.4 is 0 Å². The lowest BCUT2D eigenvalue weighted by Gasteiger charge is -2.21. The molecule has 0 bridgehead atoms. The summed E-state index contributed by atoms with van der Waals surface area (Å²) in [5, 5.41) is 0. The van der Waals surface area contributed by atoms with E-state index >= 15 is 0 Å².